The molecule has 4 aromatic rings. The van der Waals surface area contributed by atoms with Crippen molar-refractivity contribution in [2.75, 3.05) is 32.7 Å². The molecule has 1 aliphatic heterocycles. The van der Waals surface area contributed by atoms with Gasteiger partial charge in [0.15, 0.2) is 17.4 Å². The monoisotopic (exact) mass is 741 g/mol. The number of hydrogen-bond donors (Lipinski definition) is 5. The van der Waals surface area contributed by atoms with Crippen LogP contribution in [0, 0.1) is 0 Å². The zero-order valence-corrected chi connectivity index (χ0v) is 30.1. The smallest absolute Gasteiger partial charge is 0.342 e. The molecular formula is C34H44N7O10P. The molecule has 17 nitrogen and oxygen atoms in total. The first-order chi connectivity index (χ1) is 24.9. The van der Waals surface area contributed by atoms with Crippen molar-refractivity contribution in [2.24, 2.45) is 0 Å². The molecule has 0 spiro atoms. The first kappa shape index (κ1) is 38.7. The first-order valence-electron chi connectivity index (χ1n) is 16.7. The standard InChI is InChI=1S/C34H44N7O10P/c1-5-48-30(43)23(17-21-13-9-7-10-14-21)39-52(46,40-24(31(44)49-6-2)18-22-15-11-8-12-16-22)50-19-25-27(42)34(3,45)32(51-25)41-20-36-26-28(41)37-33(35)38-29(26)47-4/h7-16,20,23-25,27,32,42,45H,5-6,17-19H2,1-4H3,(H2,35,37,38)(H2,39,40,46)/t23-,24+,25-,27?,32?,34+,52?/m1/s1. The number of aliphatic hydroxyl groups excluding tert-OH is 1. The topological polar surface area (TPSA) is 232 Å². The number of nitrogens with one attached hydrogen (secondary N) is 2. The summed E-state index contributed by atoms with van der Waals surface area (Å²) in [6.45, 7) is 4.15. The molecule has 0 bridgehead atoms. The van der Waals surface area contributed by atoms with Gasteiger partial charge in [-0.15, -0.1) is 0 Å². The maximum atomic E-state index is 14.9. The molecule has 0 radical (unpaired) electrons. The van der Waals surface area contributed by atoms with Crippen LogP contribution in [0.4, 0.5) is 5.95 Å². The lowest BCUT2D eigenvalue weighted by molar-refractivity contribution is -0.145. The van der Waals surface area contributed by atoms with E-state index in [4.69, 9.17) is 29.2 Å². The summed E-state index contributed by atoms with van der Waals surface area (Å²) in [4.78, 5) is 39.1. The van der Waals surface area contributed by atoms with Gasteiger partial charge in [-0.3, -0.25) is 18.7 Å². The summed E-state index contributed by atoms with van der Waals surface area (Å²) < 4.78 is 44.3. The minimum absolute atomic E-state index is 0.0494. The fourth-order valence-corrected chi connectivity index (χ4v) is 7.64. The highest BCUT2D eigenvalue weighted by molar-refractivity contribution is 7.54. The molecule has 1 saturated heterocycles. The van der Waals surface area contributed by atoms with Gasteiger partial charge in [-0.1, -0.05) is 60.7 Å². The molecule has 2 aromatic carbocycles. The largest absolute Gasteiger partial charge is 0.479 e. The Morgan fingerprint density at radius 2 is 1.52 bits per heavy atom. The van der Waals surface area contributed by atoms with E-state index < -0.39 is 62.3 Å². The van der Waals surface area contributed by atoms with E-state index in [1.54, 1.807) is 62.4 Å². The van der Waals surface area contributed by atoms with Crippen molar-refractivity contribution >= 4 is 36.7 Å². The number of methoxy groups -OCH3 is 1. The van der Waals surface area contributed by atoms with Gasteiger partial charge in [0.2, 0.25) is 11.8 Å². The van der Waals surface area contributed by atoms with Crippen molar-refractivity contribution in [1.82, 2.24) is 29.7 Å². The Morgan fingerprint density at radius 1 is 0.981 bits per heavy atom. The van der Waals surface area contributed by atoms with Gasteiger partial charge in [0.1, 0.15) is 29.9 Å². The Kier molecular flexibility index (Phi) is 12.6. The molecule has 5 rings (SSSR count). The first-order valence-corrected chi connectivity index (χ1v) is 18.3. The Hall–Kier alpha value is -4.48. The summed E-state index contributed by atoms with van der Waals surface area (Å²) in [7, 11) is -3.08. The number of aliphatic hydroxyl groups is 2. The van der Waals surface area contributed by atoms with Crippen molar-refractivity contribution in [2.45, 2.75) is 69.7 Å². The summed E-state index contributed by atoms with van der Waals surface area (Å²) in [5.41, 5.74) is 5.77. The van der Waals surface area contributed by atoms with Crippen LogP contribution in [0.25, 0.3) is 11.2 Å². The summed E-state index contributed by atoms with van der Waals surface area (Å²) in [5, 5.41) is 28.5. The van der Waals surface area contributed by atoms with Crippen LogP contribution in [0.15, 0.2) is 67.0 Å². The number of imidazole rings is 1. The third kappa shape index (κ3) is 8.93. The second kappa shape index (κ2) is 16.9. The van der Waals surface area contributed by atoms with Crippen molar-refractivity contribution in [1.29, 1.82) is 0 Å². The average molecular weight is 742 g/mol. The van der Waals surface area contributed by atoms with E-state index in [2.05, 4.69) is 25.1 Å². The van der Waals surface area contributed by atoms with Crippen LogP contribution < -0.4 is 20.6 Å². The zero-order valence-electron chi connectivity index (χ0n) is 29.2. The number of nitrogen functional groups attached to an aromatic ring is 1. The van der Waals surface area contributed by atoms with E-state index in [1.165, 1.54) is 24.9 Å². The Morgan fingerprint density at radius 3 is 2.02 bits per heavy atom. The van der Waals surface area contributed by atoms with Gasteiger partial charge >= 0.3 is 19.6 Å². The molecule has 2 aromatic heterocycles. The van der Waals surface area contributed by atoms with Crippen molar-refractivity contribution in [3.05, 3.63) is 78.1 Å². The van der Waals surface area contributed by atoms with E-state index in [1.807, 2.05) is 12.1 Å². The molecule has 0 saturated carbocycles. The maximum absolute atomic E-state index is 14.9. The van der Waals surface area contributed by atoms with Gasteiger partial charge in [-0.2, -0.15) is 9.97 Å². The zero-order chi connectivity index (χ0) is 37.5. The number of aromatic nitrogens is 4. The van der Waals surface area contributed by atoms with Crippen LogP contribution in [0.5, 0.6) is 5.88 Å². The lowest BCUT2D eigenvalue weighted by atomic mass is 9.96. The van der Waals surface area contributed by atoms with Crippen LogP contribution in [-0.4, -0.2) is 98.5 Å². The number of fused-ring (bicyclic) bond motifs is 1. The second-order valence-corrected chi connectivity index (χ2v) is 14.1. The third-order valence-corrected chi connectivity index (χ3v) is 10.2. The molecule has 52 heavy (non-hydrogen) atoms. The maximum Gasteiger partial charge on any atom is 0.342 e. The van der Waals surface area contributed by atoms with Crippen LogP contribution in [0.1, 0.15) is 38.1 Å². The predicted octanol–water partition coefficient (Wildman–Crippen LogP) is 2.08. The quantitative estimate of drug-likeness (QED) is 0.0770. The fraction of sp³-hybridized carbons (Fsp3) is 0.441. The normalized spacial score (nSPS) is 22.4. The van der Waals surface area contributed by atoms with E-state index in [0.29, 0.717) is 0 Å². The molecule has 0 amide bonds. The molecule has 6 N–H and O–H groups in total. The number of nitrogens with zero attached hydrogens (tertiary/aromatic N) is 4. The Bertz CT molecular complexity index is 1790. The lowest BCUT2D eigenvalue weighted by Gasteiger charge is -2.30. The van der Waals surface area contributed by atoms with Crippen LogP contribution in [0.3, 0.4) is 0 Å². The number of ether oxygens (including phenoxy) is 4. The van der Waals surface area contributed by atoms with Gasteiger partial charge in [-0.05, 0) is 44.7 Å². The number of nitrogens with two attached hydrogens (primary N) is 1. The van der Waals surface area contributed by atoms with Crippen molar-refractivity contribution in [3.63, 3.8) is 0 Å². The summed E-state index contributed by atoms with van der Waals surface area (Å²) in [5.74, 6) is -1.45. The van der Waals surface area contributed by atoms with E-state index in [9.17, 15) is 24.4 Å². The van der Waals surface area contributed by atoms with Gasteiger partial charge in [-0.25, -0.2) is 15.2 Å². The molecule has 3 heterocycles. The molecule has 3 unspecified atom stereocenters. The van der Waals surface area contributed by atoms with Gasteiger partial charge in [0.05, 0.1) is 33.3 Å². The number of rotatable bonds is 17. The molecule has 0 aliphatic carbocycles. The number of anilines is 1. The number of benzene rings is 2. The van der Waals surface area contributed by atoms with Crippen LogP contribution in [-0.2, 0) is 45.7 Å². The van der Waals surface area contributed by atoms with Crippen LogP contribution in [0.2, 0.25) is 0 Å². The highest BCUT2D eigenvalue weighted by Crippen LogP contribution is 2.44. The Labute approximate surface area is 300 Å². The molecule has 1 fully saturated rings. The number of esters is 2. The van der Waals surface area contributed by atoms with Crippen molar-refractivity contribution < 1.29 is 47.8 Å². The highest BCUT2D eigenvalue weighted by Gasteiger charge is 2.54. The Balaban J connectivity index is 1.46. The predicted molar refractivity (Wildman–Crippen MR) is 188 cm³/mol. The fourth-order valence-electron chi connectivity index (χ4n) is 5.85. The van der Waals surface area contributed by atoms with E-state index in [0.717, 1.165) is 11.1 Å². The highest BCUT2D eigenvalue weighted by atomic mass is 31.2. The third-order valence-electron chi connectivity index (χ3n) is 8.39. The molecule has 280 valence electrons. The average Bonchev–Trinajstić information content (AvgIpc) is 3.64. The lowest BCUT2D eigenvalue weighted by Crippen LogP contribution is -2.47. The minimum atomic E-state index is -4.46. The summed E-state index contributed by atoms with van der Waals surface area (Å²) in [6.07, 6.45) is -2.74. The SMILES string of the molecule is CCOC(=O)[C@H](Cc1ccccc1)NP(=O)(N[C@H](Cc1ccccc1)C(=O)OCC)OC[C@H]1OC(n2cnc3c(OC)nc(N)nc32)[C@@](C)(O)C1O. The van der Waals surface area contributed by atoms with Gasteiger partial charge in [0, 0.05) is 0 Å². The van der Waals surface area contributed by atoms with Gasteiger partial charge < -0.3 is 39.4 Å². The number of carbonyl (C=O) groups is 2. The van der Waals surface area contributed by atoms with Gasteiger partial charge in [0.25, 0.3) is 0 Å². The molecule has 7 atom stereocenters. The number of hydrogen-bond acceptors (Lipinski definition) is 14. The molecule has 18 heteroatoms. The van der Waals surface area contributed by atoms with E-state index in [-0.39, 0.29) is 49.0 Å². The summed E-state index contributed by atoms with van der Waals surface area (Å²) >= 11 is 0. The number of carbonyl (C=O) groups excluding carboxylic acids is 2. The molecule has 1 aliphatic rings. The van der Waals surface area contributed by atoms with Crippen LogP contribution >= 0.6 is 7.67 Å². The summed E-state index contributed by atoms with van der Waals surface area (Å²) in [6, 6.07) is 15.6. The minimum Gasteiger partial charge on any atom is -0.479 e. The van der Waals surface area contributed by atoms with Crippen molar-refractivity contribution in [3.8, 4) is 5.88 Å². The van der Waals surface area contributed by atoms with E-state index >= 15 is 0 Å². The molecular weight excluding hydrogens is 697 g/mol. The second-order valence-electron chi connectivity index (χ2n) is 12.2.